The van der Waals surface area contributed by atoms with Gasteiger partial charge in [0.25, 0.3) is 0 Å². The number of thiazole rings is 1. The number of carbonyl (C=O) groups is 1. The van der Waals surface area contributed by atoms with Crippen molar-refractivity contribution in [3.05, 3.63) is 39.6 Å². The third-order valence-electron chi connectivity index (χ3n) is 2.89. The van der Waals surface area contributed by atoms with Crippen LogP contribution >= 0.6 is 11.3 Å². The molecule has 2 aromatic heterocycles. The number of carbonyl (C=O) groups excluding carboxylic acids is 1. The molecule has 0 amide bonds. The molecule has 0 radical (unpaired) electrons. The van der Waals surface area contributed by atoms with E-state index in [1.165, 1.54) is 11.3 Å². The number of aromatic nitrogens is 2. The number of ketones is 1. The minimum Gasteiger partial charge on any atom is -0.491 e. The fourth-order valence-electron chi connectivity index (χ4n) is 1.94. The van der Waals surface area contributed by atoms with Crippen LogP contribution in [0.5, 0.6) is 5.75 Å². The molecule has 2 rings (SSSR count). The molecule has 0 aliphatic carbocycles. The highest BCUT2D eigenvalue weighted by molar-refractivity contribution is 7.09. The van der Waals surface area contributed by atoms with Crippen LogP contribution in [0.1, 0.15) is 33.8 Å². The number of aryl methyl sites for hydroxylation is 2. The van der Waals surface area contributed by atoms with Crippen molar-refractivity contribution in [1.29, 1.82) is 0 Å². The zero-order valence-electron chi connectivity index (χ0n) is 13.1. The molecule has 0 aliphatic heterocycles. The summed E-state index contributed by atoms with van der Waals surface area (Å²) in [5.41, 5.74) is 2.11. The smallest absolute Gasteiger partial charge is 0.188 e. The van der Waals surface area contributed by atoms with Gasteiger partial charge in [0, 0.05) is 35.5 Å². The van der Waals surface area contributed by atoms with Crippen LogP contribution in [0.4, 0.5) is 0 Å². The van der Waals surface area contributed by atoms with Crippen molar-refractivity contribution in [3.63, 3.8) is 0 Å². The first kappa shape index (κ1) is 16.6. The minimum absolute atomic E-state index is 0.0484. The molecule has 0 aliphatic rings. The zero-order valence-corrected chi connectivity index (χ0v) is 13.9. The van der Waals surface area contributed by atoms with Crippen LogP contribution in [-0.4, -0.2) is 35.6 Å². The van der Waals surface area contributed by atoms with E-state index < -0.39 is 0 Å². The van der Waals surface area contributed by atoms with Gasteiger partial charge in [0.2, 0.25) is 0 Å². The van der Waals surface area contributed by atoms with Crippen molar-refractivity contribution >= 4 is 17.1 Å². The number of nitrogens with zero attached hydrogens (tertiary/aromatic N) is 2. The van der Waals surface area contributed by atoms with E-state index in [9.17, 15) is 4.79 Å². The summed E-state index contributed by atoms with van der Waals surface area (Å²) < 4.78 is 10.8. The topological polar surface area (TPSA) is 61.3 Å². The van der Waals surface area contributed by atoms with Gasteiger partial charge in [-0.15, -0.1) is 11.3 Å². The maximum Gasteiger partial charge on any atom is 0.188 e. The van der Waals surface area contributed by atoms with E-state index >= 15 is 0 Å². The highest BCUT2D eigenvalue weighted by Gasteiger charge is 2.13. The third kappa shape index (κ3) is 4.89. The summed E-state index contributed by atoms with van der Waals surface area (Å²) in [7, 11) is 0. The Bertz CT molecular complexity index is 640. The van der Waals surface area contributed by atoms with Gasteiger partial charge >= 0.3 is 0 Å². The van der Waals surface area contributed by atoms with E-state index in [0.717, 1.165) is 16.4 Å². The third-order valence-corrected chi connectivity index (χ3v) is 3.86. The highest BCUT2D eigenvalue weighted by atomic mass is 32.1. The molecule has 0 spiro atoms. The number of ether oxygens (including phenoxy) is 2. The molecule has 0 aromatic carbocycles. The summed E-state index contributed by atoms with van der Waals surface area (Å²) in [6.45, 7) is 7.35. The van der Waals surface area contributed by atoms with E-state index in [4.69, 9.17) is 9.47 Å². The molecular formula is C16H20N2O3S. The first-order valence-corrected chi connectivity index (χ1v) is 8.10. The van der Waals surface area contributed by atoms with Crippen molar-refractivity contribution in [2.75, 3.05) is 19.8 Å². The van der Waals surface area contributed by atoms with Gasteiger partial charge < -0.3 is 9.47 Å². The summed E-state index contributed by atoms with van der Waals surface area (Å²) in [6, 6.07) is 3.50. The molecule has 0 atom stereocenters. The fourth-order valence-corrected chi connectivity index (χ4v) is 2.71. The summed E-state index contributed by atoms with van der Waals surface area (Å²) in [4.78, 5) is 20.9. The van der Waals surface area contributed by atoms with Gasteiger partial charge in [0.15, 0.2) is 5.78 Å². The predicted molar refractivity (Wildman–Crippen MR) is 85.8 cm³/mol. The van der Waals surface area contributed by atoms with Crippen LogP contribution in [0.15, 0.2) is 17.5 Å². The summed E-state index contributed by atoms with van der Waals surface area (Å²) >= 11 is 1.49. The molecule has 0 fully saturated rings. The number of pyridine rings is 1. The lowest BCUT2D eigenvalue weighted by Crippen LogP contribution is -2.10. The van der Waals surface area contributed by atoms with Crippen molar-refractivity contribution in [1.82, 2.24) is 9.97 Å². The first-order chi connectivity index (χ1) is 10.6. The van der Waals surface area contributed by atoms with E-state index in [2.05, 4.69) is 9.97 Å². The standard InChI is InChI=1S/C16H20N2O3S/c1-4-20-5-6-21-13-7-11(2)17-14(8-13)15(19)9-16-18-12(3)10-22-16/h7-8,10H,4-6,9H2,1-3H3. The molecule has 5 nitrogen and oxygen atoms in total. The average molecular weight is 320 g/mol. The Kier molecular flexibility index (Phi) is 6.03. The lowest BCUT2D eigenvalue weighted by atomic mass is 10.2. The number of hydrogen-bond acceptors (Lipinski definition) is 6. The molecular weight excluding hydrogens is 300 g/mol. The molecule has 0 saturated heterocycles. The predicted octanol–water partition coefficient (Wildman–Crippen LogP) is 3.00. The summed E-state index contributed by atoms with van der Waals surface area (Å²) in [5.74, 6) is 0.596. The molecule has 0 bridgehead atoms. The van der Waals surface area contributed by atoms with E-state index in [0.29, 0.717) is 31.3 Å². The van der Waals surface area contributed by atoms with Gasteiger partial charge in [-0.05, 0) is 20.8 Å². The lowest BCUT2D eigenvalue weighted by molar-refractivity contribution is 0.0986. The van der Waals surface area contributed by atoms with Crippen LogP contribution in [0, 0.1) is 13.8 Å². The fraction of sp³-hybridized carbons (Fsp3) is 0.438. The van der Waals surface area contributed by atoms with Crippen molar-refractivity contribution in [3.8, 4) is 5.75 Å². The Labute approximate surface area is 134 Å². The highest BCUT2D eigenvalue weighted by Crippen LogP contribution is 2.17. The minimum atomic E-state index is -0.0484. The maximum absolute atomic E-state index is 12.3. The summed E-state index contributed by atoms with van der Waals surface area (Å²) in [6.07, 6.45) is 0.271. The van der Waals surface area contributed by atoms with Gasteiger partial charge in [0.05, 0.1) is 13.0 Å². The molecule has 22 heavy (non-hydrogen) atoms. The number of Topliss-reactive ketones (excluding diaryl/α,β-unsaturated/α-hetero) is 1. The second kappa shape index (κ2) is 8.00. The van der Waals surface area contributed by atoms with E-state index in [1.807, 2.05) is 32.2 Å². The molecule has 118 valence electrons. The number of rotatable bonds is 8. The molecule has 0 saturated carbocycles. The quantitative estimate of drug-likeness (QED) is 0.553. The molecule has 0 N–H and O–H groups in total. The normalized spacial score (nSPS) is 10.7. The average Bonchev–Trinajstić information content (AvgIpc) is 2.88. The van der Waals surface area contributed by atoms with E-state index in [1.54, 1.807) is 6.07 Å². The number of hydrogen-bond donors (Lipinski definition) is 0. The van der Waals surface area contributed by atoms with Crippen molar-refractivity contribution in [2.45, 2.75) is 27.2 Å². The second-order valence-corrected chi connectivity index (χ2v) is 5.80. The zero-order chi connectivity index (χ0) is 15.9. The van der Waals surface area contributed by atoms with Gasteiger partial charge in [-0.1, -0.05) is 0 Å². The Hall–Kier alpha value is -1.79. The van der Waals surface area contributed by atoms with Gasteiger partial charge in [-0.3, -0.25) is 4.79 Å². The van der Waals surface area contributed by atoms with E-state index in [-0.39, 0.29) is 12.2 Å². The van der Waals surface area contributed by atoms with Crippen LogP contribution < -0.4 is 4.74 Å². The van der Waals surface area contributed by atoms with Gasteiger partial charge in [-0.25, -0.2) is 9.97 Å². The summed E-state index contributed by atoms with van der Waals surface area (Å²) in [5, 5.41) is 2.75. The second-order valence-electron chi connectivity index (χ2n) is 4.86. The van der Waals surface area contributed by atoms with Crippen LogP contribution in [-0.2, 0) is 11.2 Å². The van der Waals surface area contributed by atoms with Gasteiger partial charge in [-0.2, -0.15) is 0 Å². The van der Waals surface area contributed by atoms with Gasteiger partial charge in [0.1, 0.15) is 23.1 Å². The van der Waals surface area contributed by atoms with Crippen molar-refractivity contribution < 1.29 is 14.3 Å². The monoisotopic (exact) mass is 320 g/mol. The Morgan fingerprint density at radius 2 is 2.00 bits per heavy atom. The van der Waals surface area contributed by atoms with Crippen LogP contribution in [0.2, 0.25) is 0 Å². The molecule has 6 heteroatoms. The molecule has 2 heterocycles. The Balaban J connectivity index is 2.03. The molecule has 0 unspecified atom stereocenters. The first-order valence-electron chi connectivity index (χ1n) is 7.22. The van der Waals surface area contributed by atoms with Crippen LogP contribution in [0.3, 0.4) is 0 Å². The van der Waals surface area contributed by atoms with Crippen LogP contribution in [0.25, 0.3) is 0 Å². The molecule has 2 aromatic rings. The largest absolute Gasteiger partial charge is 0.491 e. The van der Waals surface area contributed by atoms with Crippen molar-refractivity contribution in [2.24, 2.45) is 0 Å². The Morgan fingerprint density at radius 1 is 1.18 bits per heavy atom. The lowest BCUT2D eigenvalue weighted by Gasteiger charge is -2.08. The SMILES string of the molecule is CCOCCOc1cc(C)nc(C(=O)Cc2nc(C)cs2)c1. The Morgan fingerprint density at radius 3 is 2.68 bits per heavy atom. The maximum atomic E-state index is 12.3.